The summed E-state index contributed by atoms with van der Waals surface area (Å²) < 4.78 is 0. The second kappa shape index (κ2) is 13.6. The molecule has 0 aromatic carbocycles. The van der Waals surface area contributed by atoms with Gasteiger partial charge in [-0.1, -0.05) is 130 Å². The van der Waals surface area contributed by atoms with Crippen molar-refractivity contribution in [3.05, 3.63) is 0 Å². The molecule has 0 spiro atoms. The molecule has 3 aliphatic rings. The Balaban J connectivity index is 1.41. The van der Waals surface area contributed by atoms with Gasteiger partial charge in [-0.05, 0) is 66.6 Å². The van der Waals surface area contributed by atoms with E-state index in [4.69, 9.17) is 0 Å². The second-order valence-corrected chi connectivity index (χ2v) is 12.8. The Morgan fingerprint density at radius 3 is 2.00 bits per heavy atom. The molecule has 3 saturated carbocycles. The van der Waals surface area contributed by atoms with Crippen molar-refractivity contribution in [3.63, 3.8) is 0 Å². The van der Waals surface area contributed by atoms with E-state index in [9.17, 15) is 0 Å². The summed E-state index contributed by atoms with van der Waals surface area (Å²) in [5.41, 5.74) is 0. The highest BCUT2D eigenvalue weighted by Gasteiger charge is 2.30. The maximum atomic E-state index is 2.60. The summed E-state index contributed by atoms with van der Waals surface area (Å²) in [5.74, 6) is 8.28. The minimum absolute atomic E-state index is 0.957. The highest BCUT2D eigenvalue weighted by atomic mass is 14.4. The van der Waals surface area contributed by atoms with Gasteiger partial charge in [0.15, 0.2) is 0 Å². The van der Waals surface area contributed by atoms with Crippen LogP contribution in [0, 0.1) is 47.3 Å². The monoisotopic (exact) mass is 430 g/mol. The Morgan fingerprint density at radius 2 is 1.32 bits per heavy atom. The van der Waals surface area contributed by atoms with Crippen LogP contribution in [-0.2, 0) is 0 Å². The summed E-state index contributed by atoms with van der Waals surface area (Å²) in [7, 11) is 0. The highest BCUT2D eigenvalue weighted by molar-refractivity contribution is 4.81. The van der Waals surface area contributed by atoms with Crippen molar-refractivity contribution in [1.29, 1.82) is 0 Å². The SMILES string of the molecule is CCC1CCC(CCC(C)CC2CCCCC(C3CCC(C)C3)CCCC2CC)CC1. The molecule has 3 aliphatic carbocycles. The van der Waals surface area contributed by atoms with Gasteiger partial charge in [-0.15, -0.1) is 0 Å². The van der Waals surface area contributed by atoms with Crippen LogP contribution < -0.4 is 0 Å². The number of hydrogen-bond acceptors (Lipinski definition) is 0. The first-order chi connectivity index (χ1) is 15.1. The molecule has 3 rings (SSSR count). The Hall–Kier alpha value is 0. The highest BCUT2D eigenvalue weighted by Crippen LogP contribution is 2.42. The smallest absolute Gasteiger partial charge is 0.0383 e. The van der Waals surface area contributed by atoms with Crippen molar-refractivity contribution < 1.29 is 0 Å². The molecular weight excluding hydrogens is 372 g/mol. The quantitative estimate of drug-likeness (QED) is 0.359. The summed E-state index contributed by atoms with van der Waals surface area (Å²) in [5, 5.41) is 0. The van der Waals surface area contributed by atoms with E-state index >= 15 is 0 Å². The fourth-order valence-electron chi connectivity index (χ4n) is 8.15. The van der Waals surface area contributed by atoms with Gasteiger partial charge in [-0.2, -0.15) is 0 Å². The lowest BCUT2D eigenvalue weighted by atomic mass is 9.73. The van der Waals surface area contributed by atoms with Crippen LogP contribution in [0.2, 0.25) is 0 Å². The van der Waals surface area contributed by atoms with Gasteiger partial charge in [0.1, 0.15) is 0 Å². The van der Waals surface area contributed by atoms with E-state index in [1.54, 1.807) is 25.7 Å². The summed E-state index contributed by atoms with van der Waals surface area (Å²) in [4.78, 5) is 0. The Kier molecular flexibility index (Phi) is 11.3. The van der Waals surface area contributed by atoms with Gasteiger partial charge in [-0.25, -0.2) is 0 Å². The molecule has 31 heavy (non-hydrogen) atoms. The van der Waals surface area contributed by atoms with Crippen LogP contribution in [0.25, 0.3) is 0 Å². The fraction of sp³-hybridized carbons (Fsp3) is 1.00. The molecular formula is C31H58. The van der Waals surface area contributed by atoms with Crippen LogP contribution in [0.3, 0.4) is 0 Å². The lowest BCUT2D eigenvalue weighted by Gasteiger charge is -2.33. The van der Waals surface area contributed by atoms with E-state index in [0.29, 0.717) is 0 Å². The Bertz CT molecular complexity index is 459. The first kappa shape index (κ1) is 25.6. The predicted octanol–water partition coefficient (Wildman–Crippen LogP) is 10.4. The van der Waals surface area contributed by atoms with Crippen LogP contribution in [0.5, 0.6) is 0 Å². The van der Waals surface area contributed by atoms with Crippen LogP contribution in [0.1, 0.15) is 150 Å². The molecule has 0 bridgehead atoms. The molecule has 0 radical (unpaired) electrons. The molecule has 0 nitrogen and oxygen atoms in total. The van der Waals surface area contributed by atoms with Gasteiger partial charge in [0, 0.05) is 0 Å². The average molecular weight is 431 g/mol. The van der Waals surface area contributed by atoms with Crippen LogP contribution in [0.4, 0.5) is 0 Å². The topological polar surface area (TPSA) is 0 Å². The van der Waals surface area contributed by atoms with Crippen molar-refractivity contribution in [1.82, 2.24) is 0 Å². The minimum atomic E-state index is 0.957. The lowest BCUT2D eigenvalue weighted by Crippen LogP contribution is -2.21. The third kappa shape index (κ3) is 8.37. The molecule has 0 aliphatic heterocycles. The number of hydrogen-bond donors (Lipinski definition) is 0. The van der Waals surface area contributed by atoms with Crippen molar-refractivity contribution in [2.24, 2.45) is 47.3 Å². The zero-order valence-electron chi connectivity index (χ0n) is 22.1. The lowest BCUT2D eigenvalue weighted by molar-refractivity contribution is 0.187. The first-order valence-electron chi connectivity index (χ1n) is 15.1. The normalized spacial score (nSPS) is 39.3. The average Bonchev–Trinajstić information content (AvgIpc) is 3.22. The van der Waals surface area contributed by atoms with Crippen molar-refractivity contribution in [3.8, 4) is 0 Å². The summed E-state index contributed by atoms with van der Waals surface area (Å²) in [6, 6.07) is 0. The van der Waals surface area contributed by atoms with Crippen LogP contribution >= 0.6 is 0 Å². The molecule has 6 unspecified atom stereocenters. The van der Waals surface area contributed by atoms with Crippen molar-refractivity contribution in [2.45, 2.75) is 150 Å². The van der Waals surface area contributed by atoms with Gasteiger partial charge in [-0.3, -0.25) is 0 Å². The van der Waals surface area contributed by atoms with Gasteiger partial charge >= 0.3 is 0 Å². The number of rotatable bonds is 8. The van der Waals surface area contributed by atoms with Crippen molar-refractivity contribution in [2.75, 3.05) is 0 Å². The van der Waals surface area contributed by atoms with Gasteiger partial charge < -0.3 is 0 Å². The van der Waals surface area contributed by atoms with E-state index in [0.717, 1.165) is 47.3 Å². The third-order valence-corrected chi connectivity index (χ3v) is 10.5. The molecule has 0 heterocycles. The van der Waals surface area contributed by atoms with E-state index in [2.05, 4.69) is 27.7 Å². The fourth-order valence-corrected chi connectivity index (χ4v) is 8.15. The molecule has 0 heteroatoms. The van der Waals surface area contributed by atoms with Crippen LogP contribution in [0.15, 0.2) is 0 Å². The molecule has 0 amide bonds. The third-order valence-electron chi connectivity index (χ3n) is 10.5. The molecule has 0 aromatic heterocycles. The predicted molar refractivity (Wildman–Crippen MR) is 138 cm³/mol. The standard InChI is InChI=1S/C31H58/c1-5-26-17-19-27(20-18-26)16-14-24(3)22-30-11-8-7-10-29(13-9-12-28(30)6-2)31-21-15-25(4)23-31/h24-31H,5-23H2,1-4H3. The Labute approximate surface area is 197 Å². The zero-order chi connectivity index (χ0) is 22.1. The summed E-state index contributed by atoms with van der Waals surface area (Å²) >= 11 is 0. The first-order valence-corrected chi connectivity index (χ1v) is 15.1. The Morgan fingerprint density at radius 1 is 0.645 bits per heavy atom. The summed E-state index contributed by atoms with van der Waals surface area (Å²) in [6.07, 6.45) is 28.9. The van der Waals surface area contributed by atoms with E-state index in [1.165, 1.54) is 96.3 Å². The van der Waals surface area contributed by atoms with Crippen molar-refractivity contribution >= 4 is 0 Å². The molecule has 0 aromatic rings. The maximum absolute atomic E-state index is 2.60. The second-order valence-electron chi connectivity index (χ2n) is 12.8. The largest absolute Gasteiger partial charge is 0.0651 e. The van der Waals surface area contributed by atoms with Gasteiger partial charge in [0.05, 0.1) is 0 Å². The van der Waals surface area contributed by atoms with Gasteiger partial charge in [0.25, 0.3) is 0 Å². The molecule has 182 valence electrons. The van der Waals surface area contributed by atoms with Gasteiger partial charge in [0.2, 0.25) is 0 Å². The minimum Gasteiger partial charge on any atom is -0.0651 e. The summed E-state index contributed by atoms with van der Waals surface area (Å²) in [6.45, 7) is 9.98. The van der Waals surface area contributed by atoms with E-state index in [-0.39, 0.29) is 0 Å². The van der Waals surface area contributed by atoms with E-state index < -0.39 is 0 Å². The molecule has 0 saturated heterocycles. The molecule has 0 N–H and O–H groups in total. The molecule has 3 fully saturated rings. The molecule has 6 atom stereocenters. The van der Waals surface area contributed by atoms with Crippen LogP contribution in [-0.4, -0.2) is 0 Å². The van der Waals surface area contributed by atoms with E-state index in [1.807, 2.05) is 0 Å². The maximum Gasteiger partial charge on any atom is -0.0383 e. The zero-order valence-corrected chi connectivity index (χ0v) is 22.1.